The molecule has 0 fully saturated rings. The van der Waals surface area contributed by atoms with Crippen LogP contribution in [0.3, 0.4) is 0 Å². The SMILES string of the molecule is C1=CC([S][Sb]([S]C2C=CCCC2)[c]2c[c]([Sb]([S]C3C=CCCC3)[S]C3C=CCCC3)c[c]([Sb]([S]C3C=CCCC3)[S]C3C=CCCC3)c2)CCC1. The predicted octanol–water partition coefficient (Wildman–Crippen LogP) is 11.8. The molecule has 0 radical (unpaired) electrons. The molecule has 0 N–H and O–H groups in total. The van der Waals surface area contributed by atoms with Gasteiger partial charge in [-0.2, -0.15) is 0 Å². The van der Waals surface area contributed by atoms with Gasteiger partial charge in [0.25, 0.3) is 0 Å². The van der Waals surface area contributed by atoms with E-state index in [0.29, 0.717) is 0 Å². The summed E-state index contributed by atoms with van der Waals surface area (Å²) in [7, 11) is 14.9. The summed E-state index contributed by atoms with van der Waals surface area (Å²) in [6.07, 6.45) is 55.0. The molecule has 7 rings (SSSR count). The molecule has 0 aromatic heterocycles. The Morgan fingerprint density at radius 3 is 0.667 bits per heavy atom. The van der Waals surface area contributed by atoms with Crippen molar-refractivity contribution in [1.29, 1.82) is 0 Å². The van der Waals surface area contributed by atoms with Gasteiger partial charge in [0.15, 0.2) is 0 Å². The Morgan fingerprint density at radius 2 is 0.510 bits per heavy atom. The molecule has 0 aliphatic heterocycles. The third kappa shape index (κ3) is 13.6. The molecule has 6 atom stereocenters. The van der Waals surface area contributed by atoms with Gasteiger partial charge in [-0.05, 0) is 0 Å². The summed E-state index contributed by atoms with van der Waals surface area (Å²) in [6, 6.07) is 8.72. The molecular weight excluding hydrogens is 1060 g/mol. The van der Waals surface area contributed by atoms with Gasteiger partial charge in [-0.15, -0.1) is 0 Å². The van der Waals surface area contributed by atoms with Gasteiger partial charge in [0.2, 0.25) is 0 Å². The van der Waals surface area contributed by atoms with E-state index in [1.165, 1.54) is 116 Å². The summed E-state index contributed by atoms with van der Waals surface area (Å²) in [4.78, 5) is 0. The van der Waals surface area contributed by atoms with Gasteiger partial charge in [-0.3, -0.25) is 0 Å². The molecule has 1 aromatic rings. The van der Waals surface area contributed by atoms with Crippen LogP contribution in [0.25, 0.3) is 0 Å². The van der Waals surface area contributed by atoms with Crippen LogP contribution in [0.4, 0.5) is 0 Å². The second-order valence-corrected chi connectivity index (χ2v) is 58.4. The van der Waals surface area contributed by atoms with Gasteiger partial charge >= 0.3 is 354 Å². The Kier molecular flexibility index (Phi) is 18.6. The van der Waals surface area contributed by atoms with E-state index in [-0.39, 0.29) is 0 Å². The average Bonchev–Trinajstić information content (AvgIpc) is 3.19. The van der Waals surface area contributed by atoms with Crippen LogP contribution in [0.5, 0.6) is 0 Å². The maximum absolute atomic E-state index is 2.91. The van der Waals surface area contributed by atoms with Gasteiger partial charge in [0, 0.05) is 0 Å². The van der Waals surface area contributed by atoms with Gasteiger partial charge in [0.05, 0.1) is 0 Å². The fourth-order valence-corrected chi connectivity index (χ4v) is 69.0. The van der Waals surface area contributed by atoms with Crippen LogP contribution >= 0.6 is 53.1 Å². The molecule has 0 saturated carbocycles. The van der Waals surface area contributed by atoms with Gasteiger partial charge in [-0.1, -0.05) is 0 Å². The van der Waals surface area contributed by atoms with Crippen LogP contribution in [-0.2, 0) is 0 Å². The van der Waals surface area contributed by atoms with E-state index in [4.69, 9.17) is 0 Å². The summed E-state index contributed by atoms with van der Waals surface area (Å²) in [5, 5.41) is 4.39. The first-order valence-electron chi connectivity index (χ1n) is 19.8. The second-order valence-electron chi connectivity index (χ2n) is 14.5. The summed E-state index contributed by atoms with van der Waals surface area (Å²) < 4.78 is 5.59. The van der Waals surface area contributed by atoms with Crippen molar-refractivity contribution in [2.24, 2.45) is 0 Å². The molecule has 0 nitrogen and oxygen atoms in total. The number of benzene rings is 1. The maximum atomic E-state index is 2.91. The first kappa shape index (κ1) is 41.4. The van der Waals surface area contributed by atoms with E-state index in [2.05, 4.69) is 144 Å². The van der Waals surface area contributed by atoms with Crippen molar-refractivity contribution >= 4 is 116 Å². The van der Waals surface area contributed by atoms with Gasteiger partial charge in [0.1, 0.15) is 0 Å². The van der Waals surface area contributed by atoms with Crippen molar-refractivity contribution in [3.8, 4) is 0 Å². The Morgan fingerprint density at radius 1 is 0.314 bits per heavy atom. The molecule has 9 heteroatoms. The van der Waals surface area contributed by atoms with E-state index in [0.717, 1.165) is 31.5 Å². The van der Waals surface area contributed by atoms with Crippen molar-refractivity contribution in [2.75, 3.05) is 0 Å². The van der Waals surface area contributed by atoms with E-state index >= 15 is 0 Å². The van der Waals surface area contributed by atoms with E-state index in [9.17, 15) is 0 Å². The molecule has 1 aromatic carbocycles. The Bertz CT molecular complexity index is 1170. The molecule has 6 aliphatic rings. The summed E-state index contributed by atoms with van der Waals surface area (Å²) in [5.74, 6) is 0. The normalized spacial score (nSPS) is 29.5. The van der Waals surface area contributed by atoms with E-state index in [1.807, 2.05) is 10.5 Å². The van der Waals surface area contributed by atoms with Crippen LogP contribution in [0.15, 0.2) is 91.1 Å². The van der Waals surface area contributed by atoms with Crippen LogP contribution in [0.1, 0.15) is 116 Å². The zero-order chi connectivity index (χ0) is 34.5. The summed E-state index contributed by atoms with van der Waals surface area (Å²) >= 11 is -5.88. The number of hydrogen-bond donors (Lipinski definition) is 0. The third-order valence-electron chi connectivity index (χ3n) is 10.2. The molecule has 276 valence electrons. The fraction of sp³-hybridized carbons (Fsp3) is 0.571. The Labute approximate surface area is 349 Å². The quantitative estimate of drug-likeness (QED) is 0.126. The Hall–Kier alpha value is 2.21. The first-order chi connectivity index (χ1) is 25.2. The third-order valence-corrected chi connectivity index (χ3v) is 63.7. The number of rotatable bonds is 15. The van der Waals surface area contributed by atoms with Crippen molar-refractivity contribution < 1.29 is 0 Å². The first-order valence-corrected chi connectivity index (χ1v) is 47.4. The molecule has 0 amide bonds. The number of allylic oxidation sites excluding steroid dienone is 6. The summed E-state index contributed by atoms with van der Waals surface area (Å²) in [5.41, 5.74) is 0. The van der Waals surface area contributed by atoms with E-state index < -0.39 is 52.2 Å². The van der Waals surface area contributed by atoms with Gasteiger partial charge in [-0.25, -0.2) is 0 Å². The Balaban J connectivity index is 1.29. The number of hydrogen-bond acceptors (Lipinski definition) is 6. The topological polar surface area (TPSA) is 0 Å². The summed E-state index contributed by atoms with van der Waals surface area (Å²) in [6.45, 7) is 0. The minimum atomic E-state index is -1.96. The minimum absolute atomic E-state index is 0.731. The zero-order valence-electron chi connectivity index (χ0n) is 30.1. The monoisotopic (exact) mass is 1120 g/mol. The van der Waals surface area contributed by atoms with Crippen molar-refractivity contribution in [1.82, 2.24) is 0 Å². The van der Waals surface area contributed by atoms with Gasteiger partial charge < -0.3 is 0 Å². The standard InChI is InChI=1S/6C6H10S.C6H3.3Sb/c6*7-6-4-2-1-3-5-6;1-2-4-6-5-3-1;;;/h6*2,4,6-7H,1,3,5H2;1,4-5H;;;/q;;;;;;;3*+2/p-6. The van der Waals surface area contributed by atoms with Crippen LogP contribution in [0, 0.1) is 0 Å². The molecule has 0 heterocycles. The molecule has 0 spiro atoms. The molecule has 0 bridgehead atoms. The molecule has 6 unspecified atom stereocenters. The average molecular weight is 1120 g/mol. The second kappa shape index (κ2) is 23.0. The van der Waals surface area contributed by atoms with Crippen LogP contribution in [-0.4, -0.2) is 83.7 Å². The zero-order valence-corrected chi connectivity index (χ0v) is 42.7. The molecule has 51 heavy (non-hydrogen) atoms. The van der Waals surface area contributed by atoms with Crippen LogP contribution in [0.2, 0.25) is 0 Å². The predicted molar refractivity (Wildman–Crippen MR) is 249 cm³/mol. The molecule has 0 saturated heterocycles. The molecular formula is C42H57S6Sb3. The van der Waals surface area contributed by atoms with E-state index in [1.54, 1.807) is 0 Å². The fourth-order valence-electron chi connectivity index (χ4n) is 7.29. The van der Waals surface area contributed by atoms with Crippen molar-refractivity contribution in [3.05, 3.63) is 91.1 Å². The molecule has 6 aliphatic carbocycles. The van der Waals surface area contributed by atoms with Crippen molar-refractivity contribution in [3.63, 3.8) is 0 Å². The van der Waals surface area contributed by atoms with Crippen molar-refractivity contribution in [2.45, 2.75) is 147 Å². The van der Waals surface area contributed by atoms with Crippen LogP contribution < -0.4 is 10.5 Å².